The summed E-state index contributed by atoms with van der Waals surface area (Å²) in [7, 11) is 0. The van der Waals surface area contributed by atoms with Crippen LogP contribution in [-0.2, 0) is 0 Å². The molecule has 0 saturated heterocycles. The lowest BCUT2D eigenvalue weighted by Crippen LogP contribution is -2.18. The quantitative estimate of drug-likeness (QED) is 0.721. The Morgan fingerprint density at radius 1 is 1.25 bits per heavy atom. The first-order chi connectivity index (χ1) is 9.58. The fourth-order valence-corrected chi connectivity index (χ4v) is 2.85. The first-order valence-electron chi connectivity index (χ1n) is 7.85. The van der Waals surface area contributed by atoms with Gasteiger partial charge in [0.1, 0.15) is 5.75 Å². The number of ketones is 1. The van der Waals surface area contributed by atoms with Crippen LogP contribution >= 0.6 is 0 Å². The maximum Gasteiger partial charge on any atom is 0.166 e. The second-order valence-corrected chi connectivity index (χ2v) is 6.38. The summed E-state index contributed by atoms with van der Waals surface area (Å²) in [6, 6.07) is 5.88. The van der Waals surface area contributed by atoms with E-state index in [4.69, 9.17) is 4.74 Å². The molecule has 0 heterocycles. The number of Topliss-reactive ketones (excluding diaryl/α,β-unsaturated/α-hetero) is 1. The summed E-state index contributed by atoms with van der Waals surface area (Å²) in [5.74, 6) is 1.96. The summed E-state index contributed by atoms with van der Waals surface area (Å²) in [4.78, 5) is 12.6. The number of ether oxygens (including phenoxy) is 1. The van der Waals surface area contributed by atoms with Crippen LogP contribution in [0.2, 0.25) is 0 Å². The van der Waals surface area contributed by atoms with Gasteiger partial charge in [0.15, 0.2) is 5.78 Å². The Morgan fingerprint density at radius 3 is 2.55 bits per heavy atom. The number of hydrogen-bond acceptors (Lipinski definition) is 2. The molecule has 2 heteroatoms. The molecule has 1 aromatic carbocycles. The standard InChI is InChI=1S/C18H26O2/c1-13(2)12-20-16-9-10-17(14(3)11-16)18(19)15-7-5-4-6-8-15/h9-11,13,15H,4-8,12H2,1-3H3. The summed E-state index contributed by atoms with van der Waals surface area (Å²) in [5.41, 5.74) is 1.93. The van der Waals surface area contributed by atoms with Gasteiger partial charge in [0.05, 0.1) is 6.61 Å². The highest BCUT2D eigenvalue weighted by Gasteiger charge is 2.23. The van der Waals surface area contributed by atoms with Crippen LogP contribution in [0, 0.1) is 18.8 Å². The van der Waals surface area contributed by atoms with Gasteiger partial charge in [-0.3, -0.25) is 4.79 Å². The molecular weight excluding hydrogens is 248 g/mol. The molecule has 110 valence electrons. The molecule has 0 unspecified atom stereocenters. The minimum Gasteiger partial charge on any atom is -0.493 e. The van der Waals surface area contributed by atoms with Gasteiger partial charge in [-0.15, -0.1) is 0 Å². The Kier molecular flexibility index (Phi) is 5.22. The van der Waals surface area contributed by atoms with E-state index in [0.717, 1.165) is 36.3 Å². The topological polar surface area (TPSA) is 26.3 Å². The molecule has 1 aliphatic rings. The van der Waals surface area contributed by atoms with E-state index in [0.29, 0.717) is 11.7 Å². The largest absolute Gasteiger partial charge is 0.493 e. The van der Waals surface area contributed by atoms with E-state index < -0.39 is 0 Å². The minimum atomic E-state index is 0.241. The van der Waals surface area contributed by atoms with Crippen molar-refractivity contribution in [2.24, 2.45) is 11.8 Å². The second kappa shape index (κ2) is 6.92. The van der Waals surface area contributed by atoms with Crippen LogP contribution in [-0.4, -0.2) is 12.4 Å². The molecule has 0 amide bonds. The lowest BCUT2D eigenvalue weighted by molar-refractivity contribution is 0.0889. The zero-order chi connectivity index (χ0) is 14.5. The van der Waals surface area contributed by atoms with Crippen molar-refractivity contribution >= 4 is 5.78 Å². The smallest absolute Gasteiger partial charge is 0.166 e. The number of aryl methyl sites for hydroxylation is 1. The predicted molar refractivity (Wildman–Crippen MR) is 82.4 cm³/mol. The summed E-state index contributed by atoms with van der Waals surface area (Å²) in [6.45, 7) is 7.00. The molecule has 0 bridgehead atoms. The summed E-state index contributed by atoms with van der Waals surface area (Å²) in [5, 5.41) is 0. The van der Waals surface area contributed by atoms with E-state index in [1.165, 1.54) is 19.3 Å². The first-order valence-corrected chi connectivity index (χ1v) is 7.85. The number of hydrogen-bond donors (Lipinski definition) is 0. The molecule has 20 heavy (non-hydrogen) atoms. The summed E-state index contributed by atoms with van der Waals surface area (Å²) >= 11 is 0. The van der Waals surface area contributed by atoms with Crippen LogP contribution in [0.1, 0.15) is 61.9 Å². The molecular formula is C18H26O2. The fourth-order valence-electron chi connectivity index (χ4n) is 2.85. The molecule has 2 rings (SSSR count). The highest BCUT2D eigenvalue weighted by Crippen LogP contribution is 2.29. The number of carbonyl (C=O) groups excluding carboxylic acids is 1. The molecule has 0 aromatic heterocycles. The first kappa shape index (κ1) is 15.1. The normalized spacial score (nSPS) is 16.4. The Balaban J connectivity index is 2.06. The maximum absolute atomic E-state index is 12.6. The Labute approximate surface area is 122 Å². The van der Waals surface area contributed by atoms with Crippen molar-refractivity contribution in [2.75, 3.05) is 6.61 Å². The minimum absolute atomic E-state index is 0.241. The van der Waals surface area contributed by atoms with Gasteiger partial charge in [-0.25, -0.2) is 0 Å². The number of carbonyl (C=O) groups is 1. The van der Waals surface area contributed by atoms with Crippen molar-refractivity contribution in [1.29, 1.82) is 0 Å². The molecule has 0 spiro atoms. The molecule has 1 aliphatic carbocycles. The van der Waals surface area contributed by atoms with Crippen molar-refractivity contribution in [3.63, 3.8) is 0 Å². The van der Waals surface area contributed by atoms with Crippen LogP contribution in [0.3, 0.4) is 0 Å². The zero-order valence-electron chi connectivity index (χ0n) is 12.9. The second-order valence-electron chi connectivity index (χ2n) is 6.38. The SMILES string of the molecule is Cc1cc(OCC(C)C)ccc1C(=O)C1CCCCC1. The molecule has 0 aliphatic heterocycles. The van der Waals surface area contributed by atoms with E-state index >= 15 is 0 Å². The van der Waals surface area contributed by atoms with Crippen LogP contribution in [0.15, 0.2) is 18.2 Å². The third-order valence-electron chi connectivity index (χ3n) is 4.02. The van der Waals surface area contributed by atoms with E-state index in [1.807, 2.05) is 25.1 Å². The number of benzene rings is 1. The van der Waals surface area contributed by atoms with Gasteiger partial charge in [0, 0.05) is 11.5 Å². The molecule has 1 fully saturated rings. The average Bonchev–Trinajstić information content (AvgIpc) is 2.45. The van der Waals surface area contributed by atoms with Gasteiger partial charge >= 0.3 is 0 Å². The Morgan fingerprint density at radius 2 is 1.95 bits per heavy atom. The van der Waals surface area contributed by atoms with Crippen LogP contribution in [0.4, 0.5) is 0 Å². The van der Waals surface area contributed by atoms with Crippen LogP contribution < -0.4 is 4.74 Å². The molecule has 1 saturated carbocycles. The molecule has 2 nitrogen and oxygen atoms in total. The molecule has 0 N–H and O–H groups in total. The van der Waals surface area contributed by atoms with Crippen molar-refractivity contribution in [2.45, 2.75) is 52.9 Å². The molecule has 1 aromatic rings. The van der Waals surface area contributed by atoms with Crippen LogP contribution in [0.5, 0.6) is 5.75 Å². The fraction of sp³-hybridized carbons (Fsp3) is 0.611. The van der Waals surface area contributed by atoms with E-state index in [-0.39, 0.29) is 5.92 Å². The van der Waals surface area contributed by atoms with Crippen LogP contribution in [0.25, 0.3) is 0 Å². The van der Waals surface area contributed by atoms with Gasteiger partial charge < -0.3 is 4.74 Å². The lowest BCUT2D eigenvalue weighted by Gasteiger charge is -2.21. The van der Waals surface area contributed by atoms with Gasteiger partial charge in [-0.2, -0.15) is 0 Å². The van der Waals surface area contributed by atoms with Gasteiger partial charge in [0.25, 0.3) is 0 Å². The highest BCUT2D eigenvalue weighted by molar-refractivity contribution is 5.99. The van der Waals surface area contributed by atoms with E-state index in [1.54, 1.807) is 0 Å². The van der Waals surface area contributed by atoms with Gasteiger partial charge in [-0.05, 0) is 49.4 Å². The molecule has 0 radical (unpaired) electrons. The lowest BCUT2D eigenvalue weighted by atomic mass is 9.83. The van der Waals surface area contributed by atoms with E-state index in [2.05, 4.69) is 13.8 Å². The summed E-state index contributed by atoms with van der Waals surface area (Å²) in [6.07, 6.45) is 5.80. The maximum atomic E-state index is 12.6. The third-order valence-corrected chi connectivity index (χ3v) is 4.02. The zero-order valence-corrected chi connectivity index (χ0v) is 12.9. The predicted octanol–water partition coefficient (Wildman–Crippen LogP) is 4.79. The van der Waals surface area contributed by atoms with E-state index in [9.17, 15) is 4.79 Å². The van der Waals surface area contributed by atoms with Crippen molar-refractivity contribution in [1.82, 2.24) is 0 Å². The monoisotopic (exact) mass is 274 g/mol. The van der Waals surface area contributed by atoms with Crippen molar-refractivity contribution < 1.29 is 9.53 Å². The summed E-state index contributed by atoms with van der Waals surface area (Å²) < 4.78 is 5.72. The highest BCUT2D eigenvalue weighted by atomic mass is 16.5. The van der Waals surface area contributed by atoms with Gasteiger partial charge in [0.2, 0.25) is 0 Å². The Bertz CT molecular complexity index is 456. The Hall–Kier alpha value is -1.31. The van der Waals surface area contributed by atoms with Gasteiger partial charge in [-0.1, -0.05) is 33.1 Å². The van der Waals surface area contributed by atoms with Crippen molar-refractivity contribution in [3.8, 4) is 5.75 Å². The molecule has 0 atom stereocenters. The van der Waals surface area contributed by atoms with Crippen molar-refractivity contribution in [3.05, 3.63) is 29.3 Å². The third kappa shape index (κ3) is 3.84. The average molecular weight is 274 g/mol. The number of rotatable bonds is 5.